The molecule has 0 radical (unpaired) electrons. The highest BCUT2D eigenvalue weighted by Gasteiger charge is 2.58. The van der Waals surface area contributed by atoms with Gasteiger partial charge in [0.2, 0.25) is 0 Å². The molecule has 1 N–H and O–H groups in total. The summed E-state index contributed by atoms with van der Waals surface area (Å²) in [6, 6.07) is 0. The van der Waals surface area contributed by atoms with Crippen molar-refractivity contribution in [3.05, 3.63) is 0 Å². The Labute approximate surface area is 148 Å². The maximum atomic E-state index is 10.7. The first-order valence-corrected chi connectivity index (χ1v) is 12.5. The summed E-state index contributed by atoms with van der Waals surface area (Å²) < 4.78 is 18.8. The molecule has 3 rings (SSSR count). The van der Waals surface area contributed by atoms with Crippen LogP contribution in [0, 0.1) is 11.3 Å². The maximum absolute atomic E-state index is 10.7. The first kappa shape index (κ1) is 18.8. The summed E-state index contributed by atoms with van der Waals surface area (Å²) in [6.07, 6.45) is 4.51. The van der Waals surface area contributed by atoms with Crippen LogP contribution in [0.15, 0.2) is 0 Å². The van der Waals surface area contributed by atoms with E-state index in [9.17, 15) is 5.11 Å². The highest BCUT2D eigenvalue weighted by Crippen LogP contribution is 2.56. The second-order valence-corrected chi connectivity index (χ2v) is 14.7. The van der Waals surface area contributed by atoms with Crippen LogP contribution >= 0.6 is 0 Å². The normalized spacial score (nSPS) is 39.9. The summed E-state index contributed by atoms with van der Waals surface area (Å²) in [6.45, 7) is 15.3. The predicted molar refractivity (Wildman–Crippen MR) is 97.4 cm³/mol. The van der Waals surface area contributed by atoms with Gasteiger partial charge in [0, 0.05) is 12.8 Å². The van der Waals surface area contributed by atoms with Gasteiger partial charge in [-0.25, -0.2) is 0 Å². The average molecular weight is 357 g/mol. The Bertz CT molecular complexity index is 466. The van der Waals surface area contributed by atoms with E-state index in [1.165, 1.54) is 0 Å². The minimum Gasteiger partial charge on any atom is -0.413 e. The number of ether oxygens (including phenoxy) is 2. The van der Waals surface area contributed by atoms with E-state index < -0.39 is 14.1 Å². The Morgan fingerprint density at radius 1 is 1.08 bits per heavy atom. The van der Waals surface area contributed by atoms with E-state index in [1.54, 1.807) is 0 Å². The van der Waals surface area contributed by atoms with E-state index in [1.807, 2.05) is 0 Å². The number of hydrogen-bond acceptors (Lipinski definition) is 4. The summed E-state index contributed by atoms with van der Waals surface area (Å²) in [5.74, 6) is -0.239. The molecular weight excluding hydrogens is 320 g/mol. The molecule has 3 aliphatic rings. The zero-order chi connectivity index (χ0) is 17.8. The van der Waals surface area contributed by atoms with E-state index in [2.05, 4.69) is 40.8 Å². The third kappa shape index (κ3) is 3.11. The van der Waals surface area contributed by atoms with Crippen LogP contribution in [0.2, 0.25) is 18.1 Å². The zero-order valence-electron chi connectivity index (χ0n) is 16.4. The zero-order valence-corrected chi connectivity index (χ0v) is 17.4. The van der Waals surface area contributed by atoms with Crippen molar-refractivity contribution in [2.45, 2.75) is 95.9 Å². The van der Waals surface area contributed by atoms with Crippen LogP contribution in [0.5, 0.6) is 0 Å². The predicted octanol–water partition coefficient (Wildman–Crippen LogP) is 4.08. The molecule has 0 aromatic carbocycles. The molecule has 5 heteroatoms. The fourth-order valence-electron chi connectivity index (χ4n) is 4.63. The lowest BCUT2D eigenvalue weighted by Crippen LogP contribution is -2.59. The van der Waals surface area contributed by atoms with Crippen molar-refractivity contribution in [2.75, 3.05) is 13.2 Å². The van der Waals surface area contributed by atoms with E-state index in [0.29, 0.717) is 13.2 Å². The largest absolute Gasteiger partial charge is 0.413 e. The highest BCUT2D eigenvalue weighted by atomic mass is 28.4. The van der Waals surface area contributed by atoms with Crippen LogP contribution in [0.3, 0.4) is 0 Å². The summed E-state index contributed by atoms with van der Waals surface area (Å²) in [5, 5.41) is 10.9. The number of rotatable bonds is 2. The quantitative estimate of drug-likeness (QED) is 0.757. The summed E-state index contributed by atoms with van der Waals surface area (Å²) in [7, 11) is -1.82. The van der Waals surface area contributed by atoms with Gasteiger partial charge >= 0.3 is 0 Å². The van der Waals surface area contributed by atoms with Gasteiger partial charge in [-0.3, -0.25) is 0 Å². The fourth-order valence-corrected chi connectivity index (χ4v) is 6.08. The third-order valence-corrected chi connectivity index (χ3v) is 11.9. The molecule has 3 fully saturated rings. The lowest BCUT2D eigenvalue weighted by Gasteiger charge is -2.57. The van der Waals surface area contributed by atoms with Crippen molar-refractivity contribution in [3.63, 3.8) is 0 Å². The van der Waals surface area contributed by atoms with Crippen molar-refractivity contribution < 1.29 is 19.0 Å². The molecular formula is C19H36O4Si. The van der Waals surface area contributed by atoms with Gasteiger partial charge in [0.05, 0.1) is 25.4 Å². The standard InChI is InChI=1S/C19H36O4Si/c1-17(2,3)24(5,6)23-16-8-7-15(20)14-13-19(21-11-12-22-19)10-9-18(14,16)4/h14-16,20H,7-13H2,1-6H3/t14-,15+,16+,18+/m1/s1. The number of aliphatic hydroxyl groups excluding tert-OH is 1. The van der Waals surface area contributed by atoms with Gasteiger partial charge in [-0.1, -0.05) is 27.7 Å². The summed E-state index contributed by atoms with van der Waals surface area (Å²) in [4.78, 5) is 0. The van der Waals surface area contributed by atoms with Crippen molar-refractivity contribution in [1.82, 2.24) is 0 Å². The van der Waals surface area contributed by atoms with Gasteiger partial charge in [-0.05, 0) is 48.7 Å². The molecule has 0 aromatic rings. The molecule has 24 heavy (non-hydrogen) atoms. The minimum atomic E-state index is -1.82. The Morgan fingerprint density at radius 2 is 1.71 bits per heavy atom. The van der Waals surface area contributed by atoms with Crippen LogP contribution < -0.4 is 0 Å². The summed E-state index contributed by atoms with van der Waals surface area (Å²) in [5.41, 5.74) is 0.0216. The molecule has 1 aliphatic heterocycles. The van der Waals surface area contributed by atoms with Crippen LogP contribution in [0.4, 0.5) is 0 Å². The molecule has 2 aliphatic carbocycles. The fraction of sp³-hybridized carbons (Fsp3) is 1.00. The molecule has 0 unspecified atom stereocenters. The molecule has 4 nitrogen and oxygen atoms in total. The Kier molecular flexibility index (Phi) is 4.75. The number of fused-ring (bicyclic) bond motifs is 1. The Balaban J connectivity index is 1.81. The molecule has 1 spiro atoms. The SMILES string of the molecule is CC(C)(C)[Si](C)(C)O[C@H]1CC[C@H](O)[C@H]2CC3(CC[C@]12C)OCCO3. The van der Waals surface area contributed by atoms with Gasteiger partial charge in [-0.15, -0.1) is 0 Å². The van der Waals surface area contributed by atoms with Gasteiger partial charge < -0.3 is 19.0 Å². The average Bonchev–Trinajstić information content (AvgIpc) is 2.92. The van der Waals surface area contributed by atoms with E-state index in [0.717, 1.165) is 32.1 Å². The minimum absolute atomic E-state index is 0.0216. The van der Waals surface area contributed by atoms with Gasteiger partial charge in [0.1, 0.15) is 0 Å². The number of aliphatic hydroxyl groups is 1. The molecule has 4 atom stereocenters. The second kappa shape index (κ2) is 6.05. The van der Waals surface area contributed by atoms with Gasteiger partial charge in [-0.2, -0.15) is 0 Å². The topological polar surface area (TPSA) is 47.9 Å². The molecule has 0 bridgehead atoms. The Morgan fingerprint density at radius 3 is 2.29 bits per heavy atom. The lowest BCUT2D eigenvalue weighted by molar-refractivity contribution is -0.237. The Hall–Kier alpha value is 0.0569. The van der Waals surface area contributed by atoms with E-state index >= 15 is 0 Å². The van der Waals surface area contributed by atoms with Crippen molar-refractivity contribution in [2.24, 2.45) is 11.3 Å². The van der Waals surface area contributed by atoms with Crippen LogP contribution in [-0.2, 0) is 13.9 Å². The van der Waals surface area contributed by atoms with E-state index in [4.69, 9.17) is 13.9 Å². The van der Waals surface area contributed by atoms with Crippen LogP contribution in [0.25, 0.3) is 0 Å². The number of hydrogen-bond donors (Lipinski definition) is 1. The molecule has 1 saturated heterocycles. The van der Waals surface area contributed by atoms with Crippen molar-refractivity contribution in [3.8, 4) is 0 Å². The maximum Gasteiger partial charge on any atom is 0.192 e. The monoisotopic (exact) mass is 356 g/mol. The smallest absolute Gasteiger partial charge is 0.192 e. The van der Waals surface area contributed by atoms with Crippen molar-refractivity contribution >= 4 is 8.32 Å². The molecule has 140 valence electrons. The third-order valence-electron chi connectivity index (χ3n) is 7.40. The lowest BCUT2D eigenvalue weighted by atomic mass is 9.57. The van der Waals surface area contributed by atoms with Crippen molar-refractivity contribution in [1.29, 1.82) is 0 Å². The first-order valence-electron chi connectivity index (χ1n) is 9.63. The molecule has 2 saturated carbocycles. The second-order valence-electron chi connectivity index (χ2n) is 9.94. The first-order chi connectivity index (χ1) is 11.0. The summed E-state index contributed by atoms with van der Waals surface area (Å²) >= 11 is 0. The van der Waals surface area contributed by atoms with Gasteiger partial charge in [0.15, 0.2) is 14.1 Å². The van der Waals surface area contributed by atoms with Crippen LogP contribution in [-0.4, -0.2) is 44.6 Å². The van der Waals surface area contributed by atoms with E-state index in [-0.39, 0.29) is 28.6 Å². The highest BCUT2D eigenvalue weighted by molar-refractivity contribution is 6.74. The molecule has 1 heterocycles. The van der Waals surface area contributed by atoms with Gasteiger partial charge in [0.25, 0.3) is 0 Å². The molecule has 0 aromatic heterocycles. The molecule has 0 amide bonds. The van der Waals surface area contributed by atoms with Crippen LogP contribution in [0.1, 0.15) is 59.8 Å².